The largest absolute Gasteiger partial charge is 0.434 e. The van der Waals surface area contributed by atoms with Crippen LogP contribution in [0, 0.1) is 0 Å². The molecule has 0 radical (unpaired) electrons. The molecule has 33 heavy (non-hydrogen) atoms. The normalized spacial score (nSPS) is 11.1. The minimum Gasteiger partial charge on any atom is -0.434 e. The lowest BCUT2D eigenvalue weighted by Gasteiger charge is -2.11. The van der Waals surface area contributed by atoms with E-state index in [-0.39, 0.29) is 33.6 Å². The number of halogens is 4. The number of Topliss-reactive ketones (excluding diaryl/α,β-unsaturated/α-hetero) is 1. The van der Waals surface area contributed by atoms with Crippen molar-refractivity contribution in [3.05, 3.63) is 82.4 Å². The number of pyridine rings is 2. The predicted octanol–water partition coefficient (Wildman–Crippen LogP) is 5.21. The topological polar surface area (TPSA) is 86.1 Å². The molecule has 0 fully saturated rings. The van der Waals surface area contributed by atoms with Gasteiger partial charge in [-0.15, -0.1) is 0 Å². The first kappa shape index (κ1) is 22.6. The maximum absolute atomic E-state index is 13.0. The van der Waals surface area contributed by atoms with Gasteiger partial charge in [0.15, 0.2) is 0 Å². The second kappa shape index (κ2) is 9.51. The number of aromatic nitrogens is 3. The highest BCUT2D eigenvalue weighted by molar-refractivity contribution is 6.50. The maximum Gasteiger partial charge on any atom is 0.387 e. The zero-order chi connectivity index (χ0) is 23.5. The molecule has 0 aliphatic rings. The van der Waals surface area contributed by atoms with Crippen molar-refractivity contribution in [1.82, 2.24) is 14.5 Å². The van der Waals surface area contributed by atoms with Crippen LogP contribution in [0.1, 0.15) is 15.9 Å². The molecule has 0 unspecified atom stereocenters. The number of ether oxygens (including phenoxy) is 1. The zero-order valence-electron chi connectivity index (χ0n) is 16.6. The molecule has 0 aliphatic heterocycles. The lowest BCUT2D eigenvalue weighted by atomic mass is 10.1. The number of amides is 1. The van der Waals surface area contributed by atoms with Gasteiger partial charge in [0.05, 0.1) is 27.8 Å². The standard InChI is InChI=1S/C22H14Cl2F2N4O3/c23-15-8-27-9-16(24)18(15)29-21(32)19(31)14-11-30(20-13(14)5-3-7-28-20)10-12-4-1-2-6-17(12)33-22(25)26/h1-9,11,22H,10H2,(H,27,29,32). The van der Waals surface area contributed by atoms with E-state index in [0.717, 1.165) is 0 Å². The minimum absolute atomic E-state index is 0.00197. The zero-order valence-corrected chi connectivity index (χ0v) is 18.1. The summed E-state index contributed by atoms with van der Waals surface area (Å²) in [6, 6.07) is 9.53. The summed E-state index contributed by atoms with van der Waals surface area (Å²) < 4.78 is 31.7. The van der Waals surface area contributed by atoms with E-state index in [4.69, 9.17) is 23.2 Å². The smallest absolute Gasteiger partial charge is 0.387 e. The van der Waals surface area contributed by atoms with Gasteiger partial charge in [0.25, 0.3) is 11.7 Å². The predicted molar refractivity (Wildman–Crippen MR) is 119 cm³/mol. The van der Waals surface area contributed by atoms with Crippen molar-refractivity contribution in [3.8, 4) is 5.75 Å². The molecule has 0 atom stereocenters. The number of nitrogens with zero attached hydrogens (tertiary/aromatic N) is 3. The first-order chi connectivity index (χ1) is 15.8. The third kappa shape index (κ3) is 4.79. The second-order valence-corrected chi connectivity index (χ2v) is 7.61. The Labute approximate surface area is 195 Å². The van der Waals surface area contributed by atoms with Gasteiger partial charge < -0.3 is 14.6 Å². The average Bonchev–Trinajstić information content (AvgIpc) is 3.15. The summed E-state index contributed by atoms with van der Waals surface area (Å²) in [6.07, 6.45) is 5.52. The summed E-state index contributed by atoms with van der Waals surface area (Å²) in [5.74, 6) is -1.82. The van der Waals surface area contributed by atoms with E-state index in [1.165, 1.54) is 30.9 Å². The lowest BCUT2D eigenvalue weighted by Crippen LogP contribution is -2.23. The van der Waals surface area contributed by atoms with Crippen LogP contribution in [0.4, 0.5) is 14.5 Å². The van der Waals surface area contributed by atoms with Crippen LogP contribution in [0.5, 0.6) is 5.75 Å². The van der Waals surface area contributed by atoms with Crippen LogP contribution >= 0.6 is 23.2 Å². The Balaban J connectivity index is 1.68. The summed E-state index contributed by atoms with van der Waals surface area (Å²) in [4.78, 5) is 33.7. The molecular weight excluding hydrogens is 477 g/mol. The first-order valence-corrected chi connectivity index (χ1v) is 10.2. The number of para-hydroxylation sites is 1. The van der Waals surface area contributed by atoms with Crippen LogP contribution in [0.15, 0.2) is 61.2 Å². The van der Waals surface area contributed by atoms with Crippen molar-refractivity contribution in [2.45, 2.75) is 13.2 Å². The fraction of sp³-hybridized carbons (Fsp3) is 0.0909. The van der Waals surface area contributed by atoms with Crippen LogP contribution in [-0.2, 0) is 11.3 Å². The molecule has 4 aromatic rings. The number of hydrogen-bond donors (Lipinski definition) is 1. The number of ketones is 1. The van der Waals surface area contributed by atoms with Gasteiger partial charge in [0, 0.05) is 35.7 Å². The van der Waals surface area contributed by atoms with Gasteiger partial charge in [0.1, 0.15) is 11.4 Å². The molecule has 11 heteroatoms. The number of carbonyl (C=O) groups is 2. The van der Waals surface area contributed by atoms with E-state index in [9.17, 15) is 18.4 Å². The molecule has 7 nitrogen and oxygen atoms in total. The van der Waals surface area contributed by atoms with Crippen molar-refractivity contribution >= 4 is 51.6 Å². The van der Waals surface area contributed by atoms with Crippen LogP contribution in [-0.4, -0.2) is 32.8 Å². The van der Waals surface area contributed by atoms with E-state index >= 15 is 0 Å². The van der Waals surface area contributed by atoms with E-state index in [2.05, 4.69) is 20.0 Å². The molecule has 0 spiro atoms. The third-order valence-electron chi connectivity index (χ3n) is 4.71. The number of fused-ring (bicyclic) bond motifs is 1. The van der Waals surface area contributed by atoms with Gasteiger partial charge in [-0.25, -0.2) is 4.98 Å². The number of alkyl halides is 2. The first-order valence-electron chi connectivity index (χ1n) is 9.46. The number of benzene rings is 1. The van der Waals surface area contributed by atoms with Gasteiger partial charge in [-0.05, 0) is 18.2 Å². The number of nitrogens with one attached hydrogen (secondary N) is 1. The molecule has 0 bridgehead atoms. The van der Waals surface area contributed by atoms with Crippen molar-refractivity contribution in [3.63, 3.8) is 0 Å². The van der Waals surface area contributed by atoms with E-state index in [0.29, 0.717) is 16.6 Å². The molecule has 168 valence electrons. The average molecular weight is 491 g/mol. The molecule has 1 amide bonds. The Kier molecular flexibility index (Phi) is 6.52. The highest BCUT2D eigenvalue weighted by Gasteiger charge is 2.24. The maximum atomic E-state index is 13.0. The SMILES string of the molecule is O=C(Nc1c(Cl)cncc1Cl)C(=O)c1cn(Cc2ccccc2OC(F)F)c2ncccc12. The van der Waals surface area contributed by atoms with E-state index < -0.39 is 18.3 Å². The summed E-state index contributed by atoms with van der Waals surface area (Å²) in [5.41, 5.74) is 0.968. The van der Waals surface area contributed by atoms with Crippen LogP contribution < -0.4 is 10.1 Å². The summed E-state index contributed by atoms with van der Waals surface area (Å²) in [5, 5.41) is 2.96. The quantitative estimate of drug-likeness (QED) is 0.284. The van der Waals surface area contributed by atoms with Gasteiger partial charge >= 0.3 is 6.61 Å². The molecule has 0 saturated heterocycles. The summed E-state index contributed by atoms with van der Waals surface area (Å²) >= 11 is 12.0. The van der Waals surface area contributed by atoms with Gasteiger partial charge in [-0.1, -0.05) is 41.4 Å². The Hall–Kier alpha value is -3.56. The van der Waals surface area contributed by atoms with Crippen molar-refractivity contribution < 1.29 is 23.1 Å². The van der Waals surface area contributed by atoms with Crippen LogP contribution in [0.25, 0.3) is 11.0 Å². The molecule has 1 aromatic carbocycles. The van der Waals surface area contributed by atoms with Gasteiger partial charge in [0.2, 0.25) is 0 Å². The summed E-state index contributed by atoms with van der Waals surface area (Å²) in [7, 11) is 0. The molecule has 1 N–H and O–H groups in total. The van der Waals surface area contributed by atoms with Crippen LogP contribution in [0.2, 0.25) is 10.0 Å². The van der Waals surface area contributed by atoms with Crippen molar-refractivity contribution in [2.75, 3.05) is 5.32 Å². The monoisotopic (exact) mass is 490 g/mol. The third-order valence-corrected chi connectivity index (χ3v) is 5.28. The Bertz CT molecular complexity index is 1340. The van der Waals surface area contributed by atoms with Gasteiger partial charge in [-0.2, -0.15) is 8.78 Å². The van der Waals surface area contributed by atoms with Gasteiger partial charge in [-0.3, -0.25) is 14.6 Å². The number of carbonyl (C=O) groups excluding carboxylic acids is 2. The lowest BCUT2D eigenvalue weighted by molar-refractivity contribution is -0.112. The van der Waals surface area contributed by atoms with Crippen molar-refractivity contribution in [1.29, 1.82) is 0 Å². The molecule has 3 aromatic heterocycles. The van der Waals surface area contributed by atoms with E-state index in [1.54, 1.807) is 34.9 Å². The highest BCUT2D eigenvalue weighted by atomic mass is 35.5. The molecule has 0 saturated carbocycles. The fourth-order valence-corrected chi connectivity index (χ4v) is 3.74. The molecule has 3 heterocycles. The molecule has 4 rings (SSSR count). The highest BCUT2D eigenvalue weighted by Crippen LogP contribution is 2.30. The van der Waals surface area contributed by atoms with Crippen molar-refractivity contribution in [2.24, 2.45) is 0 Å². The fourth-order valence-electron chi connectivity index (χ4n) is 3.28. The molecule has 0 aliphatic carbocycles. The summed E-state index contributed by atoms with van der Waals surface area (Å²) in [6.45, 7) is -2.91. The number of rotatable bonds is 7. The Morgan fingerprint density at radius 3 is 2.55 bits per heavy atom. The number of anilines is 1. The van der Waals surface area contributed by atoms with Crippen LogP contribution in [0.3, 0.4) is 0 Å². The minimum atomic E-state index is -2.99. The van der Waals surface area contributed by atoms with E-state index in [1.807, 2.05) is 0 Å². The second-order valence-electron chi connectivity index (χ2n) is 6.79. The Morgan fingerprint density at radius 1 is 1.09 bits per heavy atom. The number of hydrogen-bond acceptors (Lipinski definition) is 5. The molecular formula is C22H14Cl2F2N4O3. The Morgan fingerprint density at radius 2 is 1.82 bits per heavy atom.